The van der Waals surface area contributed by atoms with E-state index in [1.807, 2.05) is 55.5 Å². The van der Waals surface area contributed by atoms with Gasteiger partial charge in [0.05, 0.1) is 17.9 Å². The van der Waals surface area contributed by atoms with E-state index in [1.165, 1.54) is 11.3 Å². The fourth-order valence-corrected chi connectivity index (χ4v) is 4.17. The number of likely N-dealkylation sites (N-methyl/N-ethyl adjacent to an activating group) is 1. The van der Waals surface area contributed by atoms with Crippen LogP contribution in [0.2, 0.25) is 0 Å². The number of anilines is 1. The maximum atomic E-state index is 13.4. The zero-order valence-electron chi connectivity index (χ0n) is 15.5. The van der Waals surface area contributed by atoms with Crippen LogP contribution in [0.3, 0.4) is 0 Å². The van der Waals surface area contributed by atoms with Crippen molar-refractivity contribution in [2.24, 2.45) is 0 Å². The Morgan fingerprint density at radius 1 is 1.14 bits per heavy atom. The van der Waals surface area contributed by atoms with Crippen LogP contribution in [0.1, 0.15) is 15.4 Å². The summed E-state index contributed by atoms with van der Waals surface area (Å²) in [6, 6.07) is 17.0. The fraction of sp³-hybridized carbons (Fsp3) is 0.190. The number of aromatic nitrogens is 1. The third kappa shape index (κ3) is 3.25. The minimum atomic E-state index is -0.759. The molecular weight excluding hydrogens is 374 g/mol. The Balaban J connectivity index is 1.71. The van der Waals surface area contributed by atoms with Crippen LogP contribution in [0.4, 0.5) is 5.69 Å². The number of benzene rings is 2. The largest absolute Gasteiger partial charge is 0.477 e. The number of carbonyl (C=O) groups is 2. The van der Waals surface area contributed by atoms with E-state index in [0.29, 0.717) is 22.0 Å². The summed E-state index contributed by atoms with van der Waals surface area (Å²) < 4.78 is 5.79. The van der Waals surface area contributed by atoms with Crippen LogP contribution in [0.15, 0.2) is 54.6 Å². The molecule has 4 rings (SSSR count). The lowest BCUT2D eigenvalue weighted by molar-refractivity contribution is -0.127. The number of para-hydroxylation sites is 2. The Labute approximate surface area is 166 Å². The van der Waals surface area contributed by atoms with Crippen molar-refractivity contribution < 1.29 is 14.3 Å². The van der Waals surface area contributed by atoms with Gasteiger partial charge in [-0.2, -0.15) is 0 Å². The molecule has 0 bridgehead atoms. The summed E-state index contributed by atoms with van der Waals surface area (Å²) in [6.07, 6.45) is -0.759. The third-order valence-electron chi connectivity index (χ3n) is 4.57. The Hall–Kier alpha value is -3.19. The predicted molar refractivity (Wildman–Crippen MR) is 109 cm³/mol. The molecular formula is C21H19N3O3S. The lowest BCUT2D eigenvalue weighted by atomic mass is 10.1. The second kappa shape index (κ2) is 7.44. The van der Waals surface area contributed by atoms with Gasteiger partial charge in [-0.1, -0.05) is 42.5 Å². The first-order chi connectivity index (χ1) is 13.6. The summed E-state index contributed by atoms with van der Waals surface area (Å²) in [4.78, 5) is 32.3. The van der Waals surface area contributed by atoms with Gasteiger partial charge in [-0.05, 0) is 19.1 Å². The number of amides is 2. The number of hydrogen-bond donors (Lipinski definition) is 1. The Morgan fingerprint density at radius 2 is 1.86 bits per heavy atom. The summed E-state index contributed by atoms with van der Waals surface area (Å²) in [7, 11) is 1.55. The second-order valence-electron chi connectivity index (χ2n) is 6.40. The maximum absolute atomic E-state index is 13.4. The highest BCUT2D eigenvalue weighted by atomic mass is 32.1. The van der Waals surface area contributed by atoms with Gasteiger partial charge < -0.3 is 10.1 Å². The van der Waals surface area contributed by atoms with Crippen molar-refractivity contribution in [3.05, 3.63) is 65.2 Å². The van der Waals surface area contributed by atoms with E-state index >= 15 is 0 Å². The molecule has 1 aromatic heterocycles. The molecule has 2 amide bonds. The van der Waals surface area contributed by atoms with Crippen molar-refractivity contribution in [3.8, 4) is 16.3 Å². The van der Waals surface area contributed by atoms with Crippen molar-refractivity contribution in [2.45, 2.75) is 13.0 Å². The van der Waals surface area contributed by atoms with Crippen molar-refractivity contribution in [3.63, 3.8) is 0 Å². The molecule has 7 heteroatoms. The summed E-state index contributed by atoms with van der Waals surface area (Å²) >= 11 is 1.36. The molecule has 0 radical (unpaired) electrons. The van der Waals surface area contributed by atoms with Gasteiger partial charge in [-0.15, -0.1) is 11.3 Å². The summed E-state index contributed by atoms with van der Waals surface area (Å²) in [5, 5.41) is 3.39. The zero-order valence-corrected chi connectivity index (χ0v) is 16.3. The van der Waals surface area contributed by atoms with Gasteiger partial charge in [0, 0.05) is 12.6 Å². The van der Waals surface area contributed by atoms with Crippen LogP contribution in [0, 0.1) is 6.92 Å². The molecule has 2 heterocycles. The first-order valence-corrected chi connectivity index (χ1v) is 9.72. The van der Waals surface area contributed by atoms with E-state index in [2.05, 4.69) is 10.3 Å². The van der Waals surface area contributed by atoms with E-state index in [9.17, 15) is 9.59 Å². The van der Waals surface area contributed by atoms with Gasteiger partial charge in [0.2, 0.25) is 0 Å². The number of hydrogen-bond acceptors (Lipinski definition) is 5. The summed E-state index contributed by atoms with van der Waals surface area (Å²) in [5.41, 5.74) is 2.30. The monoisotopic (exact) mass is 393 g/mol. The van der Waals surface area contributed by atoms with Crippen LogP contribution < -0.4 is 15.0 Å². The first-order valence-electron chi connectivity index (χ1n) is 8.90. The molecule has 3 aromatic rings. The van der Waals surface area contributed by atoms with Crippen molar-refractivity contribution >= 4 is 28.8 Å². The lowest BCUT2D eigenvalue weighted by Gasteiger charge is -2.33. The molecule has 1 aliphatic rings. The van der Waals surface area contributed by atoms with Gasteiger partial charge >= 0.3 is 0 Å². The van der Waals surface area contributed by atoms with Gasteiger partial charge in [0.15, 0.2) is 6.10 Å². The first kappa shape index (κ1) is 18.2. The quantitative estimate of drug-likeness (QED) is 0.741. The van der Waals surface area contributed by atoms with E-state index < -0.39 is 6.10 Å². The number of nitrogens with zero attached hydrogens (tertiary/aromatic N) is 2. The molecule has 1 atom stereocenters. The molecule has 0 saturated carbocycles. The molecule has 1 N–H and O–H groups in total. The van der Waals surface area contributed by atoms with Gasteiger partial charge in [0.25, 0.3) is 11.8 Å². The van der Waals surface area contributed by atoms with Crippen LogP contribution in [0.25, 0.3) is 10.6 Å². The normalized spacial score (nSPS) is 15.5. The minimum Gasteiger partial charge on any atom is -0.477 e. The molecule has 2 aromatic carbocycles. The van der Waals surface area contributed by atoms with Crippen LogP contribution in [-0.4, -0.2) is 36.5 Å². The van der Waals surface area contributed by atoms with Gasteiger partial charge in [-0.25, -0.2) is 4.98 Å². The molecule has 0 aliphatic carbocycles. The standard InChI is InChI=1S/C21H19N3O3S/c1-13-18(28-20(23-13)14-8-4-3-5-9-14)21(26)24-12-17(19(25)22-2)27-16-11-7-6-10-15(16)24/h3-11,17H,12H2,1-2H3,(H,22,25). The van der Waals surface area contributed by atoms with E-state index in [4.69, 9.17) is 4.74 Å². The molecule has 0 spiro atoms. The molecule has 1 unspecified atom stereocenters. The topological polar surface area (TPSA) is 71.5 Å². The van der Waals surface area contributed by atoms with E-state index in [-0.39, 0.29) is 18.4 Å². The molecule has 1 aliphatic heterocycles. The number of rotatable bonds is 3. The Kier molecular flexibility index (Phi) is 4.83. The number of aryl methyl sites for hydroxylation is 1. The highest BCUT2D eigenvalue weighted by Crippen LogP contribution is 2.36. The SMILES string of the molecule is CNC(=O)C1CN(C(=O)c2sc(-c3ccccc3)nc2C)c2ccccc2O1. The highest BCUT2D eigenvalue weighted by molar-refractivity contribution is 7.17. The third-order valence-corrected chi connectivity index (χ3v) is 5.76. The number of fused-ring (bicyclic) bond motifs is 1. The van der Waals surface area contributed by atoms with Crippen LogP contribution in [0.5, 0.6) is 5.75 Å². The number of carbonyl (C=O) groups excluding carboxylic acids is 2. The average molecular weight is 393 g/mol. The van der Waals surface area contributed by atoms with Crippen LogP contribution >= 0.6 is 11.3 Å². The fourth-order valence-electron chi connectivity index (χ4n) is 3.15. The molecule has 0 saturated heterocycles. The highest BCUT2D eigenvalue weighted by Gasteiger charge is 2.35. The number of thiazole rings is 1. The number of ether oxygens (including phenoxy) is 1. The van der Waals surface area contributed by atoms with Crippen LogP contribution in [-0.2, 0) is 4.79 Å². The molecule has 28 heavy (non-hydrogen) atoms. The molecule has 142 valence electrons. The van der Waals surface area contributed by atoms with Crippen molar-refractivity contribution in [2.75, 3.05) is 18.5 Å². The maximum Gasteiger partial charge on any atom is 0.270 e. The summed E-state index contributed by atoms with van der Waals surface area (Å²) in [6.45, 7) is 1.98. The smallest absolute Gasteiger partial charge is 0.270 e. The molecule has 6 nitrogen and oxygen atoms in total. The Morgan fingerprint density at radius 3 is 2.61 bits per heavy atom. The lowest BCUT2D eigenvalue weighted by Crippen LogP contribution is -2.50. The van der Waals surface area contributed by atoms with E-state index in [1.54, 1.807) is 18.0 Å². The van der Waals surface area contributed by atoms with Crippen molar-refractivity contribution in [1.29, 1.82) is 0 Å². The molecule has 0 fully saturated rings. The van der Waals surface area contributed by atoms with Crippen molar-refractivity contribution in [1.82, 2.24) is 10.3 Å². The zero-order chi connectivity index (χ0) is 19.7. The second-order valence-corrected chi connectivity index (χ2v) is 7.40. The minimum absolute atomic E-state index is 0.146. The summed E-state index contributed by atoms with van der Waals surface area (Å²) in [5.74, 6) is 0.0706. The van der Waals surface area contributed by atoms with Gasteiger partial charge in [0.1, 0.15) is 15.6 Å². The van der Waals surface area contributed by atoms with Gasteiger partial charge in [-0.3, -0.25) is 14.5 Å². The number of nitrogens with one attached hydrogen (secondary N) is 1. The predicted octanol–water partition coefficient (Wildman–Crippen LogP) is 3.27. The Bertz CT molecular complexity index is 1030. The van der Waals surface area contributed by atoms with E-state index in [0.717, 1.165) is 10.6 Å². The average Bonchev–Trinajstić information content (AvgIpc) is 3.14.